The van der Waals surface area contributed by atoms with E-state index < -0.39 is 5.72 Å². The molecule has 120 valence electrons. The fourth-order valence-electron chi connectivity index (χ4n) is 2.83. The highest BCUT2D eigenvalue weighted by Crippen LogP contribution is 2.35. The third-order valence-corrected chi connectivity index (χ3v) is 4.15. The lowest BCUT2D eigenvalue weighted by Crippen LogP contribution is -2.45. The van der Waals surface area contributed by atoms with Crippen LogP contribution in [0.3, 0.4) is 0 Å². The molecular formula is C19H22N2O2. The van der Waals surface area contributed by atoms with Crippen molar-refractivity contribution >= 4 is 11.7 Å². The van der Waals surface area contributed by atoms with Crippen LogP contribution in [0.15, 0.2) is 54.6 Å². The zero-order valence-electron chi connectivity index (χ0n) is 13.7. The Labute approximate surface area is 137 Å². The van der Waals surface area contributed by atoms with Crippen molar-refractivity contribution in [3.63, 3.8) is 0 Å². The van der Waals surface area contributed by atoms with E-state index in [0.717, 1.165) is 16.8 Å². The number of aryl methyl sites for hydroxylation is 1. The van der Waals surface area contributed by atoms with Crippen LogP contribution in [0.1, 0.15) is 31.1 Å². The molecule has 23 heavy (non-hydrogen) atoms. The molecule has 0 spiro atoms. The van der Waals surface area contributed by atoms with Crippen LogP contribution in [0, 0.1) is 6.92 Å². The highest BCUT2D eigenvalue weighted by molar-refractivity contribution is 5.89. The van der Waals surface area contributed by atoms with E-state index >= 15 is 0 Å². The second kappa shape index (κ2) is 6.05. The molecule has 0 aliphatic carbocycles. The Kier molecular flexibility index (Phi) is 4.09. The lowest BCUT2D eigenvalue weighted by Gasteiger charge is -2.29. The molecule has 2 aromatic rings. The summed E-state index contributed by atoms with van der Waals surface area (Å²) in [5, 5.41) is 2.95. The van der Waals surface area contributed by atoms with Gasteiger partial charge in [-0.3, -0.25) is 4.90 Å². The molecule has 1 unspecified atom stereocenters. The van der Waals surface area contributed by atoms with Crippen molar-refractivity contribution in [3.05, 3.63) is 65.7 Å². The lowest BCUT2D eigenvalue weighted by atomic mass is 10.1. The van der Waals surface area contributed by atoms with E-state index in [1.54, 1.807) is 4.90 Å². The maximum atomic E-state index is 12.6. The number of hydrogen-bond donors (Lipinski definition) is 1. The van der Waals surface area contributed by atoms with Crippen LogP contribution in [-0.4, -0.2) is 23.2 Å². The van der Waals surface area contributed by atoms with Crippen molar-refractivity contribution in [1.82, 2.24) is 4.90 Å². The molecule has 2 aromatic carbocycles. The molecule has 1 aliphatic heterocycles. The summed E-state index contributed by atoms with van der Waals surface area (Å²) in [6.07, 6.45) is -0.102. The number of benzene rings is 2. The van der Waals surface area contributed by atoms with Gasteiger partial charge in [-0.25, -0.2) is 4.79 Å². The summed E-state index contributed by atoms with van der Waals surface area (Å²) >= 11 is 0. The predicted octanol–water partition coefficient (Wildman–Crippen LogP) is 4.34. The molecule has 0 bridgehead atoms. The largest absolute Gasteiger partial charge is 0.346 e. The number of carbonyl (C=O) groups excluding carboxylic acids is 1. The molecule has 1 atom stereocenters. The quantitative estimate of drug-likeness (QED) is 0.896. The van der Waals surface area contributed by atoms with Gasteiger partial charge in [-0.05, 0) is 38.5 Å². The van der Waals surface area contributed by atoms with Crippen LogP contribution in [0.25, 0.3) is 0 Å². The Morgan fingerprint density at radius 1 is 1.13 bits per heavy atom. The van der Waals surface area contributed by atoms with Gasteiger partial charge < -0.3 is 10.1 Å². The van der Waals surface area contributed by atoms with Crippen molar-refractivity contribution in [2.75, 3.05) is 11.9 Å². The molecule has 1 N–H and O–H groups in total. The molecule has 4 heteroatoms. The molecule has 1 saturated heterocycles. The summed E-state index contributed by atoms with van der Waals surface area (Å²) in [4.78, 5) is 14.4. The number of urea groups is 1. The number of ether oxygens (including phenoxy) is 1. The van der Waals surface area contributed by atoms with Gasteiger partial charge in [-0.15, -0.1) is 0 Å². The maximum absolute atomic E-state index is 12.6. The second-order valence-corrected chi connectivity index (χ2v) is 6.37. The number of nitrogens with zero attached hydrogens (tertiary/aromatic N) is 1. The summed E-state index contributed by atoms with van der Waals surface area (Å²) < 4.78 is 6.09. The van der Waals surface area contributed by atoms with E-state index in [1.165, 1.54) is 0 Å². The predicted molar refractivity (Wildman–Crippen MR) is 91.3 cm³/mol. The molecule has 1 aliphatic rings. The Morgan fingerprint density at radius 3 is 2.43 bits per heavy atom. The first-order valence-electron chi connectivity index (χ1n) is 7.84. The zero-order valence-corrected chi connectivity index (χ0v) is 13.7. The van der Waals surface area contributed by atoms with E-state index in [-0.39, 0.29) is 12.1 Å². The topological polar surface area (TPSA) is 41.6 Å². The molecule has 1 fully saturated rings. The number of nitrogens with one attached hydrogen (secondary N) is 1. The summed E-state index contributed by atoms with van der Waals surface area (Å²) in [6, 6.07) is 17.6. The minimum Gasteiger partial charge on any atom is -0.346 e. The van der Waals surface area contributed by atoms with Crippen LogP contribution < -0.4 is 5.32 Å². The third kappa shape index (κ3) is 3.37. The first kappa shape index (κ1) is 15.6. The van der Waals surface area contributed by atoms with Crippen molar-refractivity contribution in [2.45, 2.75) is 32.6 Å². The third-order valence-electron chi connectivity index (χ3n) is 4.15. The summed E-state index contributed by atoms with van der Waals surface area (Å²) in [5.41, 5.74) is 2.40. The van der Waals surface area contributed by atoms with E-state index in [9.17, 15) is 4.79 Å². The normalized spacial score (nSPS) is 19.6. The first-order chi connectivity index (χ1) is 11.0. The van der Waals surface area contributed by atoms with Crippen molar-refractivity contribution in [2.24, 2.45) is 0 Å². The molecular weight excluding hydrogens is 288 g/mol. The number of carbonyl (C=O) groups is 1. The van der Waals surface area contributed by atoms with Gasteiger partial charge in [0.15, 0.2) is 0 Å². The highest BCUT2D eigenvalue weighted by Gasteiger charge is 2.42. The van der Waals surface area contributed by atoms with Crippen molar-refractivity contribution < 1.29 is 9.53 Å². The minimum absolute atomic E-state index is 0.102. The van der Waals surface area contributed by atoms with Crippen LogP contribution in [-0.2, 0) is 4.74 Å². The van der Waals surface area contributed by atoms with Crippen LogP contribution in [0.2, 0.25) is 0 Å². The summed E-state index contributed by atoms with van der Waals surface area (Å²) in [6.45, 7) is 6.40. The van der Waals surface area contributed by atoms with Crippen molar-refractivity contribution in [1.29, 1.82) is 0 Å². The first-order valence-corrected chi connectivity index (χ1v) is 7.84. The molecule has 3 rings (SSSR count). The lowest BCUT2D eigenvalue weighted by molar-refractivity contribution is -0.0599. The van der Waals surface area contributed by atoms with Gasteiger partial charge in [-0.1, -0.05) is 48.0 Å². The van der Waals surface area contributed by atoms with Crippen LogP contribution >= 0.6 is 0 Å². The SMILES string of the molecule is Cc1ccc(NC(=O)N2CC(c3ccccc3)OC2(C)C)cc1. The van der Waals surface area contributed by atoms with E-state index in [1.807, 2.05) is 75.4 Å². The van der Waals surface area contributed by atoms with Gasteiger partial charge in [0.25, 0.3) is 0 Å². The molecule has 2 amide bonds. The second-order valence-electron chi connectivity index (χ2n) is 6.37. The fourth-order valence-corrected chi connectivity index (χ4v) is 2.83. The number of hydrogen-bond acceptors (Lipinski definition) is 2. The maximum Gasteiger partial charge on any atom is 0.324 e. The standard InChI is InChI=1S/C19H22N2O2/c1-14-9-11-16(12-10-14)20-18(22)21-13-17(23-19(21,2)3)15-7-5-4-6-8-15/h4-12,17H,13H2,1-3H3,(H,20,22). The minimum atomic E-state index is -0.644. The molecule has 0 aromatic heterocycles. The number of anilines is 1. The Bertz CT molecular complexity index is 680. The zero-order chi connectivity index (χ0) is 16.4. The average molecular weight is 310 g/mol. The molecule has 0 radical (unpaired) electrons. The summed E-state index contributed by atoms with van der Waals surface area (Å²) in [5.74, 6) is 0. The van der Waals surface area contributed by atoms with Crippen LogP contribution in [0.5, 0.6) is 0 Å². The number of amides is 2. The van der Waals surface area contributed by atoms with Gasteiger partial charge in [-0.2, -0.15) is 0 Å². The Hall–Kier alpha value is -2.33. The van der Waals surface area contributed by atoms with E-state index in [0.29, 0.717) is 6.54 Å². The van der Waals surface area contributed by atoms with Gasteiger partial charge in [0.2, 0.25) is 0 Å². The van der Waals surface area contributed by atoms with Crippen molar-refractivity contribution in [3.8, 4) is 0 Å². The van der Waals surface area contributed by atoms with Gasteiger partial charge in [0, 0.05) is 5.69 Å². The number of rotatable bonds is 2. The Balaban J connectivity index is 1.73. The summed E-state index contributed by atoms with van der Waals surface area (Å²) in [7, 11) is 0. The van der Waals surface area contributed by atoms with E-state index in [2.05, 4.69) is 5.32 Å². The van der Waals surface area contributed by atoms with E-state index in [4.69, 9.17) is 4.74 Å². The average Bonchev–Trinajstić information content (AvgIpc) is 2.86. The molecule has 1 heterocycles. The van der Waals surface area contributed by atoms with Crippen LogP contribution in [0.4, 0.5) is 10.5 Å². The van der Waals surface area contributed by atoms with Gasteiger partial charge >= 0.3 is 6.03 Å². The highest BCUT2D eigenvalue weighted by atomic mass is 16.5. The Morgan fingerprint density at radius 2 is 1.78 bits per heavy atom. The van der Waals surface area contributed by atoms with Gasteiger partial charge in [0.1, 0.15) is 11.8 Å². The smallest absolute Gasteiger partial charge is 0.324 e. The molecule has 0 saturated carbocycles. The monoisotopic (exact) mass is 310 g/mol. The van der Waals surface area contributed by atoms with Gasteiger partial charge in [0.05, 0.1) is 6.54 Å². The fraction of sp³-hybridized carbons (Fsp3) is 0.316. The molecule has 4 nitrogen and oxygen atoms in total.